The summed E-state index contributed by atoms with van der Waals surface area (Å²) >= 11 is 0. The zero-order valence-corrected chi connectivity index (χ0v) is 9.92. The first-order chi connectivity index (χ1) is 8.01. The molecule has 1 amide bonds. The van der Waals surface area contributed by atoms with Crippen LogP contribution in [0.15, 0.2) is 18.2 Å². The van der Waals surface area contributed by atoms with Crippen LogP contribution in [0.1, 0.15) is 32.6 Å². The van der Waals surface area contributed by atoms with E-state index in [2.05, 4.69) is 5.32 Å². The third-order valence-electron chi connectivity index (χ3n) is 3.50. The van der Waals surface area contributed by atoms with Crippen molar-refractivity contribution in [2.24, 2.45) is 5.41 Å². The first kappa shape index (κ1) is 11.9. The van der Waals surface area contributed by atoms with Crippen molar-refractivity contribution in [3.8, 4) is 0 Å². The smallest absolute Gasteiger partial charge is 0.230 e. The first-order valence-electron chi connectivity index (χ1n) is 5.88. The highest BCUT2D eigenvalue weighted by atomic mass is 19.1. The summed E-state index contributed by atoms with van der Waals surface area (Å²) in [6, 6.07) is 4.29. The SMILES string of the molecule is CC1(C(=O)Nc2ccc(N)cc2F)CCCC1. The van der Waals surface area contributed by atoms with Gasteiger partial charge in [0.2, 0.25) is 5.91 Å². The van der Waals surface area contributed by atoms with Crippen LogP contribution in [0.2, 0.25) is 0 Å². The van der Waals surface area contributed by atoms with Crippen LogP contribution < -0.4 is 11.1 Å². The van der Waals surface area contributed by atoms with Crippen LogP contribution in [-0.4, -0.2) is 5.91 Å². The number of rotatable bonds is 2. The summed E-state index contributed by atoms with van der Waals surface area (Å²) in [5.74, 6) is -0.585. The molecule has 0 saturated heterocycles. The Hall–Kier alpha value is -1.58. The summed E-state index contributed by atoms with van der Waals surface area (Å²) in [5.41, 5.74) is 5.66. The number of hydrogen-bond acceptors (Lipinski definition) is 2. The van der Waals surface area contributed by atoms with Crippen LogP contribution in [0.25, 0.3) is 0 Å². The summed E-state index contributed by atoms with van der Waals surface area (Å²) in [7, 11) is 0. The minimum atomic E-state index is -0.486. The Morgan fingerprint density at radius 3 is 2.65 bits per heavy atom. The molecule has 2 rings (SSSR count). The second kappa shape index (κ2) is 4.35. The first-order valence-corrected chi connectivity index (χ1v) is 5.88. The molecule has 3 nitrogen and oxygen atoms in total. The van der Waals surface area contributed by atoms with E-state index in [1.54, 1.807) is 6.07 Å². The molecule has 92 valence electrons. The van der Waals surface area contributed by atoms with E-state index in [4.69, 9.17) is 5.73 Å². The molecular weight excluding hydrogens is 219 g/mol. The fourth-order valence-electron chi connectivity index (χ4n) is 2.29. The molecule has 0 bridgehead atoms. The molecule has 1 aromatic rings. The minimum absolute atomic E-state index is 0.0985. The maximum atomic E-state index is 13.5. The second-order valence-corrected chi connectivity index (χ2v) is 4.96. The number of nitrogen functional groups attached to an aromatic ring is 1. The van der Waals surface area contributed by atoms with Gasteiger partial charge < -0.3 is 11.1 Å². The van der Waals surface area contributed by atoms with Gasteiger partial charge in [0.25, 0.3) is 0 Å². The lowest BCUT2D eigenvalue weighted by atomic mass is 9.88. The predicted molar refractivity (Wildman–Crippen MR) is 66.0 cm³/mol. The standard InChI is InChI=1S/C13H17FN2O/c1-13(6-2-3-7-13)12(17)16-11-5-4-9(15)8-10(11)14/h4-5,8H,2-3,6-7,15H2,1H3,(H,16,17). The van der Waals surface area contributed by atoms with Crippen molar-refractivity contribution < 1.29 is 9.18 Å². The fourth-order valence-corrected chi connectivity index (χ4v) is 2.29. The van der Waals surface area contributed by atoms with E-state index in [1.807, 2.05) is 6.92 Å². The lowest BCUT2D eigenvalue weighted by Crippen LogP contribution is -2.31. The van der Waals surface area contributed by atoms with E-state index >= 15 is 0 Å². The Bertz CT molecular complexity index is 439. The van der Waals surface area contributed by atoms with Gasteiger partial charge >= 0.3 is 0 Å². The molecule has 4 heteroatoms. The topological polar surface area (TPSA) is 55.1 Å². The lowest BCUT2D eigenvalue weighted by molar-refractivity contribution is -0.124. The number of halogens is 1. The molecule has 0 aromatic heterocycles. The number of carbonyl (C=O) groups excluding carboxylic acids is 1. The Kier molecular flexibility index (Phi) is 3.05. The van der Waals surface area contributed by atoms with Crippen LogP contribution >= 0.6 is 0 Å². The molecule has 0 aliphatic heterocycles. The van der Waals surface area contributed by atoms with Crippen LogP contribution in [0, 0.1) is 11.2 Å². The van der Waals surface area contributed by atoms with E-state index in [0.717, 1.165) is 25.7 Å². The van der Waals surface area contributed by atoms with Crippen LogP contribution in [0.3, 0.4) is 0 Å². The van der Waals surface area contributed by atoms with Gasteiger partial charge in [0.05, 0.1) is 5.69 Å². The van der Waals surface area contributed by atoms with E-state index in [9.17, 15) is 9.18 Å². The molecule has 17 heavy (non-hydrogen) atoms. The Labute approximate surface area is 100 Å². The molecule has 0 unspecified atom stereocenters. The molecule has 1 fully saturated rings. The molecule has 0 radical (unpaired) electrons. The Balaban J connectivity index is 2.13. The second-order valence-electron chi connectivity index (χ2n) is 4.96. The maximum absolute atomic E-state index is 13.5. The van der Waals surface area contributed by atoms with Gasteiger partial charge in [0.15, 0.2) is 0 Å². The van der Waals surface area contributed by atoms with Crippen molar-refractivity contribution >= 4 is 17.3 Å². The maximum Gasteiger partial charge on any atom is 0.230 e. The predicted octanol–water partition coefficient (Wildman–Crippen LogP) is 2.93. The lowest BCUT2D eigenvalue weighted by Gasteiger charge is -2.22. The number of anilines is 2. The van der Waals surface area contributed by atoms with Gasteiger partial charge in [-0.1, -0.05) is 19.8 Å². The number of amides is 1. The largest absolute Gasteiger partial charge is 0.399 e. The van der Waals surface area contributed by atoms with Crippen molar-refractivity contribution in [1.29, 1.82) is 0 Å². The highest BCUT2D eigenvalue weighted by Gasteiger charge is 2.36. The Morgan fingerprint density at radius 1 is 1.41 bits per heavy atom. The zero-order chi connectivity index (χ0) is 12.5. The van der Waals surface area contributed by atoms with Crippen LogP contribution in [-0.2, 0) is 4.79 Å². The van der Waals surface area contributed by atoms with E-state index in [-0.39, 0.29) is 17.0 Å². The number of benzene rings is 1. The molecule has 1 aliphatic rings. The average Bonchev–Trinajstić information content (AvgIpc) is 2.71. The molecule has 1 saturated carbocycles. The van der Waals surface area contributed by atoms with Crippen molar-refractivity contribution in [2.45, 2.75) is 32.6 Å². The summed E-state index contributed by atoms with van der Waals surface area (Å²) < 4.78 is 13.5. The zero-order valence-electron chi connectivity index (χ0n) is 9.92. The van der Waals surface area contributed by atoms with Crippen molar-refractivity contribution in [1.82, 2.24) is 0 Å². The minimum Gasteiger partial charge on any atom is -0.399 e. The molecule has 0 spiro atoms. The molecule has 1 aliphatic carbocycles. The third-order valence-corrected chi connectivity index (χ3v) is 3.50. The van der Waals surface area contributed by atoms with E-state index < -0.39 is 5.82 Å². The van der Waals surface area contributed by atoms with Gasteiger partial charge in [-0.05, 0) is 31.0 Å². The molecular formula is C13H17FN2O. The number of nitrogens with two attached hydrogens (primary N) is 1. The summed E-state index contributed by atoms with van der Waals surface area (Å²) in [5, 5.41) is 2.65. The molecule has 0 heterocycles. The highest BCUT2D eigenvalue weighted by Crippen LogP contribution is 2.38. The molecule has 0 atom stereocenters. The van der Waals surface area contributed by atoms with E-state index in [0.29, 0.717) is 5.69 Å². The third kappa shape index (κ3) is 2.40. The molecule has 1 aromatic carbocycles. The number of nitrogens with one attached hydrogen (secondary N) is 1. The van der Waals surface area contributed by atoms with Crippen molar-refractivity contribution in [3.05, 3.63) is 24.0 Å². The van der Waals surface area contributed by atoms with Gasteiger partial charge in [-0.25, -0.2) is 4.39 Å². The van der Waals surface area contributed by atoms with E-state index in [1.165, 1.54) is 12.1 Å². The highest BCUT2D eigenvalue weighted by molar-refractivity contribution is 5.95. The van der Waals surface area contributed by atoms with Gasteiger partial charge in [-0.2, -0.15) is 0 Å². The number of hydrogen-bond donors (Lipinski definition) is 2. The summed E-state index contributed by atoms with van der Waals surface area (Å²) in [6.45, 7) is 1.94. The van der Waals surface area contributed by atoms with Gasteiger partial charge in [0.1, 0.15) is 5.82 Å². The van der Waals surface area contributed by atoms with Gasteiger partial charge in [-0.3, -0.25) is 4.79 Å². The molecule has 3 N–H and O–H groups in total. The number of carbonyl (C=O) groups is 1. The average molecular weight is 236 g/mol. The quantitative estimate of drug-likeness (QED) is 0.776. The van der Waals surface area contributed by atoms with Crippen LogP contribution in [0.5, 0.6) is 0 Å². The fraction of sp³-hybridized carbons (Fsp3) is 0.462. The normalized spacial score (nSPS) is 18.0. The van der Waals surface area contributed by atoms with Crippen molar-refractivity contribution in [2.75, 3.05) is 11.1 Å². The summed E-state index contributed by atoms with van der Waals surface area (Å²) in [4.78, 5) is 12.1. The van der Waals surface area contributed by atoms with Crippen LogP contribution in [0.4, 0.5) is 15.8 Å². The van der Waals surface area contributed by atoms with Gasteiger partial charge in [0, 0.05) is 11.1 Å². The monoisotopic (exact) mass is 236 g/mol. The van der Waals surface area contributed by atoms with Crippen molar-refractivity contribution in [3.63, 3.8) is 0 Å². The Morgan fingerprint density at radius 2 is 2.06 bits per heavy atom. The van der Waals surface area contributed by atoms with Gasteiger partial charge in [-0.15, -0.1) is 0 Å². The summed E-state index contributed by atoms with van der Waals surface area (Å²) in [6.07, 6.45) is 3.87.